The van der Waals surface area contributed by atoms with Crippen LogP contribution < -0.4 is 4.90 Å². The highest BCUT2D eigenvalue weighted by Crippen LogP contribution is 2.35. The average Bonchev–Trinajstić information content (AvgIpc) is 2.72. The van der Waals surface area contributed by atoms with E-state index in [1.807, 2.05) is 30.3 Å². The summed E-state index contributed by atoms with van der Waals surface area (Å²) in [5.41, 5.74) is 1.41. The fraction of sp³-hybridized carbons (Fsp3) is 0.364. The Morgan fingerprint density at radius 1 is 1.18 bits per heavy atom. The summed E-state index contributed by atoms with van der Waals surface area (Å²) in [6, 6.07) is 13.3. The SMILES string of the molecule is COCCC1CCCCN1c1nc(-c2ccccc2O)nc2cc(Cl)ccc12. The Kier molecular flexibility index (Phi) is 5.64. The van der Waals surface area contributed by atoms with Crippen molar-refractivity contribution in [2.45, 2.75) is 31.7 Å². The summed E-state index contributed by atoms with van der Waals surface area (Å²) in [6.07, 6.45) is 4.43. The molecule has 5 nitrogen and oxygen atoms in total. The third-order valence-corrected chi connectivity index (χ3v) is 5.57. The first-order valence-corrected chi connectivity index (χ1v) is 10.1. The van der Waals surface area contributed by atoms with Gasteiger partial charge in [-0.15, -0.1) is 0 Å². The lowest BCUT2D eigenvalue weighted by molar-refractivity contribution is 0.182. The van der Waals surface area contributed by atoms with Crippen LogP contribution in [0.1, 0.15) is 25.7 Å². The van der Waals surface area contributed by atoms with Crippen molar-refractivity contribution in [2.24, 2.45) is 0 Å². The van der Waals surface area contributed by atoms with E-state index in [1.54, 1.807) is 19.2 Å². The number of phenols is 1. The van der Waals surface area contributed by atoms with Crippen molar-refractivity contribution < 1.29 is 9.84 Å². The fourth-order valence-electron chi connectivity index (χ4n) is 3.92. The Balaban J connectivity index is 1.87. The molecule has 1 aromatic heterocycles. The molecule has 3 aromatic rings. The molecule has 1 aliphatic heterocycles. The van der Waals surface area contributed by atoms with Gasteiger partial charge in [-0.3, -0.25) is 0 Å². The smallest absolute Gasteiger partial charge is 0.165 e. The number of hydrogen-bond acceptors (Lipinski definition) is 5. The van der Waals surface area contributed by atoms with Gasteiger partial charge in [-0.25, -0.2) is 9.97 Å². The van der Waals surface area contributed by atoms with Crippen molar-refractivity contribution >= 4 is 28.3 Å². The molecule has 0 aliphatic carbocycles. The Morgan fingerprint density at radius 3 is 2.86 bits per heavy atom. The van der Waals surface area contributed by atoms with E-state index in [0.717, 1.165) is 49.1 Å². The summed E-state index contributed by atoms with van der Waals surface area (Å²) in [7, 11) is 1.74. The molecule has 1 unspecified atom stereocenters. The van der Waals surface area contributed by atoms with Crippen LogP contribution in [0, 0.1) is 0 Å². The minimum Gasteiger partial charge on any atom is -0.507 e. The molecule has 0 radical (unpaired) electrons. The van der Waals surface area contributed by atoms with E-state index in [2.05, 4.69) is 4.90 Å². The maximum atomic E-state index is 10.3. The molecule has 28 heavy (non-hydrogen) atoms. The van der Waals surface area contributed by atoms with Gasteiger partial charge in [0.25, 0.3) is 0 Å². The zero-order valence-electron chi connectivity index (χ0n) is 15.9. The highest BCUT2D eigenvalue weighted by atomic mass is 35.5. The number of aromatic hydroxyl groups is 1. The number of fused-ring (bicyclic) bond motifs is 1. The minimum atomic E-state index is 0.171. The number of nitrogens with zero attached hydrogens (tertiary/aromatic N) is 3. The summed E-state index contributed by atoms with van der Waals surface area (Å²) in [6.45, 7) is 1.67. The van der Waals surface area contributed by atoms with E-state index in [9.17, 15) is 5.11 Å². The molecule has 1 N–H and O–H groups in total. The van der Waals surface area contributed by atoms with Crippen molar-refractivity contribution in [3.05, 3.63) is 47.5 Å². The number of aromatic nitrogens is 2. The van der Waals surface area contributed by atoms with Gasteiger partial charge in [0.05, 0.1) is 11.1 Å². The maximum Gasteiger partial charge on any atom is 0.165 e. The molecule has 1 aliphatic rings. The quantitative estimate of drug-likeness (QED) is 0.652. The summed E-state index contributed by atoms with van der Waals surface area (Å²) in [5, 5.41) is 11.9. The van der Waals surface area contributed by atoms with Gasteiger partial charge >= 0.3 is 0 Å². The van der Waals surface area contributed by atoms with Crippen LogP contribution in [0.25, 0.3) is 22.3 Å². The number of anilines is 1. The van der Waals surface area contributed by atoms with Crippen molar-refractivity contribution in [3.8, 4) is 17.1 Å². The molecule has 1 fully saturated rings. The molecule has 0 saturated carbocycles. The first-order valence-electron chi connectivity index (χ1n) is 9.68. The Morgan fingerprint density at radius 2 is 2.04 bits per heavy atom. The van der Waals surface area contributed by atoms with Crippen LogP contribution in [0.2, 0.25) is 5.02 Å². The molecule has 0 amide bonds. The minimum absolute atomic E-state index is 0.171. The number of phenolic OH excluding ortho intramolecular Hbond substituents is 1. The van der Waals surface area contributed by atoms with Gasteiger partial charge < -0.3 is 14.7 Å². The molecular formula is C22H24ClN3O2. The van der Waals surface area contributed by atoms with Gasteiger partial charge in [-0.1, -0.05) is 23.7 Å². The Bertz CT molecular complexity index is 979. The molecule has 2 heterocycles. The van der Waals surface area contributed by atoms with Crippen LogP contribution in [-0.4, -0.2) is 41.4 Å². The zero-order chi connectivity index (χ0) is 19.5. The highest BCUT2D eigenvalue weighted by Gasteiger charge is 2.26. The third-order valence-electron chi connectivity index (χ3n) is 5.34. The van der Waals surface area contributed by atoms with Crippen LogP contribution >= 0.6 is 11.6 Å². The van der Waals surface area contributed by atoms with Gasteiger partial charge in [0, 0.05) is 36.7 Å². The summed E-state index contributed by atoms with van der Waals surface area (Å²) < 4.78 is 5.33. The number of methoxy groups -OCH3 is 1. The summed E-state index contributed by atoms with van der Waals surface area (Å²) in [5.74, 6) is 1.59. The number of benzene rings is 2. The second-order valence-corrected chi connectivity index (χ2v) is 7.61. The molecule has 6 heteroatoms. The number of hydrogen-bond donors (Lipinski definition) is 1. The van der Waals surface area contributed by atoms with Gasteiger partial charge in [0.1, 0.15) is 11.6 Å². The van der Waals surface area contributed by atoms with E-state index in [4.69, 9.17) is 26.3 Å². The predicted octanol–water partition coefficient (Wildman–Crippen LogP) is 5.05. The van der Waals surface area contributed by atoms with E-state index in [1.165, 1.54) is 6.42 Å². The number of piperidine rings is 1. The first kappa shape index (κ1) is 19.0. The van der Waals surface area contributed by atoms with Gasteiger partial charge in [-0.05, 0) is 56.0 Å². The maximum absolute atomic E-state index is 10.3. The normalized spacial score (nSPS) is 17.2. The van der Waals surface area contributed by atoms with Crippen LogP contribution in [0.4, 0.5) is 5.82 Å². The van der Waals surface area contributed by atoms with E-state index in [-0.39, 0.29) is 5.75 Å². The topological polar surface area (TPSA) is 58.5 Å². The van der Waals surface area contributed by atoms with Crippen molar-refractivity contribution in [2.75, 3.05) is 25.2 Å². The third kappa shape index (κ3) is 3.77. The van der Waals surface area contributed by atoms with E-state index in [0.29, 0.717) is 22.5 Å². The lowest BCUT2D eigenvalue weighted by Gasteiger charge is -2.37. The van der Waals surface area contributed by atoms with Crippen LogP contribution in [0.3, 0.4) is 0 Å². The van der Waals surface area contributed by atoms with Gasteiger partial charge in [-0.2, -0.15) is 0 Å². The van der Waals surface area contributed by atoms with E-state index >= 15 is 0 Å². The Labute approximate surface area is 169 Å². The number of para-hydroxylation sites is 1. The van der Waals surface area contributed by atoms with Crippen molar-refractivity contribution in [3.63, 3.8) is 0 Å². The van der Waals surface area contributed by atoms with Crippen LogP contribution in [-0.2, 0) is 4.74 Å². The van der Waals surface area contributed by atoms with Crippen LogP contribution in [0.5, 0.6) is 5.75 Å². The zero-order valence-corrected chi connectivity index (χ0v) is 16.7. The van der Waals surface area contributed by atoms with Crippen LogP contribution in [0.15, 0.2) is 42.5 Å². The predicted molar refractivity (Wildman–Crippen MR) is 113 cm³/mol. The first-order chi connectivity index (χ1) is 13.7. The monoisotopic (exact) mass is 397 g/mol. The average molecular weight is 398 g/mol. The second kappa shape index (κ2) is 8.33. The van der Waals surface area contributed by atoms with Crippen molar-refractivity contribution in [1.29, 1.82) is 0 Å². The molecule has 4 rings (SSSR count). The highest BCUT2D eigenvalue weighted by molar-refractivity contribution is 6.31. The standard InChI is InChI=1S/C22H24ClN3O2/c1-28-13-11-16-6-4-5-12-26(16)22-17-10-9-15(23)14-19(17)24-21(25-22)18-7-2-3-8-20(18)27/h2-3,7-10,14,16,27H,4-6,11-13H2,1H3. The molecule has 146 valence electrons. The lowest BCUT2D eigenvalue weighted by Crippen LogP contribution is -2.41. The molecule has 2 aromatic carbocycles. The number of ether oxygens (including phenoxy) is 1. The Hall–Kier alpha value is -2.37. The summed E-state index contributed by atoms with van der Waals surface area (Å²) >= 11 is 6.24. The number of halogens is 1. The lowest BCUT2D eigenvalue weighted by atomic mass is 9.99. The molecule has 1 saturated heterocycles. The molecule has 0 spiro atoms. The van der Waals surface area contributed by atoms with Crippen molar-refractivity contribution in [1.82, 2.24) is 9.97 Å². The fourth-order valence-corrected chi connectivity index (χ4v) is 4.09. The van der Waals surface area contributed by atoms with Gasteiger partial charge in [0.15, 0.2) is 5.82 Å². The second-order valence-electron chi connectivity index (χ2n) is 7.17. The molecule has 0 bridgehead atoms. The molecule has 1 atom stereocenters. The van der Waals surface area contributed by atoms with E-state index < -0.39 is 0 Å². The summed E-state index contributed by atoms with van der Waals surface area (Å²) in [4.78, 5) is 12.0. The number of rotatable bonds is 5. The largest absolute Gasteiger partial charge is 0.507 e. The molecular weight excluding hydrogens is 374 g/mol. The van der Waals surface area contributed by atoms with Gasteiger partial charge in [0.2, 0.25) is 0 Å².